The minimum absolute atomic E-state index is 0. The Morgan fingerprint density at radius 3 is 2.33 bits per heavy atom. The van der Waals surface area contributed by atoms with Gasteiger partial charge in [-0.05, 0) is 25.7 Å². The molecule has 0 saturated heterocycles. The fourth-order valence-corrected chi connectivity index (χ4v) is 1.57. The SMILES string of the molecule is CN(C)[C@@H](C(=O)O)c1ccccc1Cl.Cl. The average Bonchev–Trinajstić information content (AvgIpc) is 2.07. The van der Waals surface area contributed by atoms with E-state index in [1.165, 1.54) is 0 Å². The molecule has 1 aromatic carbocycles. The van der Waals surface area contributed by atoms with Gasteiger partial charge in [0.1, 0.15) is 6.04 Å². The third-order valence-electron chi connectivity index (χ3n) is 1.95. The van der Waals surface area contributed by atoms with Crippen LogP contribution in [0.3, 0.4) is 0 Å². The molecule has 5 heteroatoms. The molecule has 0 bridgehead atoms. The number of carboxylic acids is 1. The summed E-state index contributed by atoms with van der Waals surface area (Å²) in [5.41, 5.74) is 0.617. The van der Waals surface area contributed by atoms with Crippen molar-refractivity contribution in [2.75, 3.05) is 14.1 Å². The monoisotopic (exact) mass is 249 g/mol. The first kappa shape index (κ1) is 14.2. The van der Waals surface area contributed by atoms with E-state index in [-0.39, 0.29) is 12.4 Å². The van der Waals surface area contributed by atoms with Gasteiger partial charge in [0, 0.05) is 5.02 Å². The molecule has 0 fully saturated rings. The van der Waals surface area contributed by atoms with Gasteiger partial charge < -0.3 is 5.11 Å². The molecule has 15 heavy (non-hydrogen) atoms. The second kappa shape index (κ2) is 5.95. The minimum Gasteiger partial charge on any atom is -0.480 e. The molecule has 84 valence electrons. The highest BCUT2D eigenvalue weighted by atomic mass is 35.5. The van der Waals surface area contributed by atoms with Gasteiger partial charge in [-0.25, -0.2) is 0 Å². The number of hydrogen-bond acceptors (Lipinski definition) is 2. The first-order valence-corrected chi connectivity index (χ1v) is 4.55. The fourth-order valence-electron chi connectivity index (χ4n) is 1.33. The van der Waals surface area contributed by atoms with E-state index in [0.717, 1.165) is 0 Å². The summed E-state index contributed by atoms with van der Waals surface area (Å²) in [5, 5.41) is 9.50. The normalized spacial score (nSPS) is 12.0. The highest BCUT2D eigenvalue weighted by molar-refractivity contribution is 6.31. The molecule has 1 atom stereocenters. The minimum atomic E-state index is -0.900. The quantitative estimate of drug-likeness (QED) is 0.895. The fraction of sp³-hybridized carbons (Fsp3) is 0.300. The number of carbonyl (C=O) groups is 1. The van der Waals surface area contributed by atoms with E-state index in [0.29, 0.717) is 10.6 Å². The molecule has 0 aliphatic rings. The van der Waals surface area contributed by atoms with Gasteiger partial charge in [-0.2, -0.15) is 0 Å². The van der Waals surface area contributed by atoms with Crippen LogP contribution in [-0.2, 0) is 4.79 Å². The maximum absolute atomic E-state index is 11.0. The number of nitrogens with zero attached hydrogens (tertiary/aromatic N) is 1. The molecule has 0 aliphatic carbocycles. The second-order valence-electron chi connectivity index (χ2n) is 3.23. The Bertz CT molecular complexity index is 342. The zero-order valence-electron chi connectivity index (χ0n) is 8.48. The van der Waals surface area contributed by atoms with Crippen LogP contribution in [0.2, 0.25) is 5.02 Å². The molecule has 0 unspecified atom stereocenters. The van der Waals surface area contributed by atoms with E-state index >= 15 is 0 Å². The molecule has 0 saturated carbocycles. The molecule has 0 aromatic heterocycles. The Kier molecular flexibility index (Phi) is 5.65. The van der Waals surface area contributed by atoms with Crippen LogP contribution in [0.5, 0.6) is 0 Å². The Balaban J connectivity index is 0.00000196. The van der Waals surface area contributed by atoms with Crippen LogP contribution in [0.4, 0.5) is 0 Å². The lowest BCUT2D eigenvalue weighted by Crippen LogP contribution is -2.27. The number of hydrogen-bond donors (Lipinski definition) is 1. The van der Waals surface area contributed by atoms with Gasteiger partial charge in [0.2, 0.25) is 0 Å². The summed E-state index contributed by atoms with van der Waals surface area (Å²) >= 11 is 5.92. The van der Waals surface area contributed by atoms with E-state index in [1.54, 1.807) is 43.3 Å². The van der Waals surface area contributed by atoms with Gasteiger partial charge in [0.05, 0.1) is 0 Å². The number of aliphatic carboxylic acids is 1. The van der Waals surface area contributed by atoms with Gasteiger partial charge in [-0.3, -0.25) is 9.69 Å². The van der Waals surface area contributed by atoms with Gasteiger partial charge in [0.15, 0.2) is 0 Å². The smallest absolute Gasteiger partial charge is 0.325 e. The Labute approximate surface area is 100 Å². The molecular formula is C10H13Cl2NO2. The third kappa shape index (κ3) is 3.38. The van der Waals surface area contributed by atoms with Crippen molar-refractivity contribution in [3.63, 3.8) is 0 Å². The molecule has 0 radical (unpaired) electrons. The van der Waals surface area contributed by atoms with Crippen LogP contribution in [0.25, 0.3) is 0 Å². The van der Waals surface area contributed by atoms with Crippen LogP contribution in [0.15, 0.2) is 24.3 Å². The number of carboxylic acid groups (broad SMARTS) is 1. The molecule has 0 aliphatic heterocycles. The van der Waals surface area contributed by atoms with Crippen molar-refractivity contribution in [2.45, 2.75) is 6.04 Å². The Hall–Kier alpha value is -0.770. The van der Waals surface area contributed by atoms with E-state index in [1.807, 2.05) is 0 Å². The number of likely N-dealkylation sites (N-methyl/N-ethyl adjacent to an activating group) is 1. The third-order valence-corrected chi connectivity index (χ3v) is 2.29. The average molecular weight is 250 g/mol. The largest absolute Gasteiger partial charge is 0.480 e. The van der Waals surface area contributed by atoms with Gasteiger partial charge in [0.25, 0.3) is 0 Å². The molecule has 0 amide bonds. The van der Waals surface area contributed by atoms with E-state index in [4.69, 9.17) is 16.7 Å². The van der Waals surface area contributed by atoms with Crippen LogP contribution in [-0.4, -0.2) is 30.1 Å². The zero-order valence-corrected chi connectivity index (χ0v) is 10.0. The van der Waals surface area contributed by atoms with Crippen molar-refractivity contribution in [1.82, 2.24) is 4.90 Å². The molecular weight excluding hydrogens is 237 g/mol. The molecule has 1 aromatic rings. The molecule has 3 nitrogen and oxygen atoms in total. The summed E-state index contributed by atoms with van der Waals surface area (Å²) in [4.78, 5) is 12.6. The highest BCUT2D eigenvalue weighted by Crippen LogP contribution is 2.25. The van der Waals surface area contributed by atoms with Crippen LogP contribution in [0, 0.1) is 0 Å². The van der Waals surface area contributed by atoms with Crippen molar-refractivity contribution in [2.24, 2.45) is 0 Å². The molecule has 0 heterocycles. The first-order chi connectivity index (χ1) is 6.54. The Morgan fingerprint density at radius 1 is 1.40 bits per heavy atom. The zero-order chi connectivity index (χ0) is 10.7. The molecule has 1 N–H and O–H groups in total. The van der Waals surface area contributed by atoms with E-state index in [9.17, 15) is 4.79 Å². The first-order valence-electron chi connectivity index (χ1n) is 4.17. The van der Waals surface area contributed by atoms with Crippen molar-refractivity contribution in [1.29, 1.82) is 0 Å². The summed E-state index contributed by atoms with van der Waals surface area (Å²) in [7, 11) is 3.42. The predicted molar refractivity (Wildman–Crippen MR) is 62.8 cm³/mol. The highest BCUT2D eigenvalue weighted by Gasteiger charge is 2.23. The number of rotatable bonds is 3. The number of benzene rings is 1. The summed E-state index contributed by atoms with van der Waals surface area (Å²) in [6.07, 6.45) is 0. The lowest BCUT2D eigenvalue weighted by molar-refractivity contribution is -0.142. The van der Waals surface area contributed by atoms with Crippen LogP contribution >= 0.6 is 24.0 Å². The standard InChI is InChI=1S/C10H12ClNO2.ClH/c1-12(2)9(10(13)14)7-5-3-4-6-8(7)11;/h3-6,9H,1-2H3,(H,13,14);1H/t9-;/m1./s1. The lowest BCUT2D eigenvalue weighted by Gasteiger charge is -2.21. The summed E-state index contributed by atoms with van der Waals surface area (Å²) in [6.45, 7) is 0. The summed E-state index contributed by atoms with van der Waals surface area (Å²) in [6, 6.07) is 6.28. The maximum Gasteiger partial charge on any atom is 0.325 e. The van der Waals surface area contributed by atoms with E-state index < -0.39 is 12.0 Å². The van der Waals surface area contributed by atoms with Gasteiger partial charge in [-0.1, -0.05) is 29.8 Å². The summed E-state index contributed by atoms with van der Waals surface area (Å²) < 4.78 is 0. The van der Waals surface area contributed by atoms with Crippen molar-refractivity contribution in [3.8, 4) is 0 Å². The van der Waals surface area contributed by atoms with Gasteiger partial charge >= 0.3 is 5.97 Å². The molecule has 0 spiro atoms. The van der Waals surface area contributed by atoms with Crippen molar-refractivity contribution >= 4 is 30.0 Å². The summed E-state index contributed by atoms with van der Waals surface area (Å²) in [5.74, 6) is -0.900. The van der Waals surface area contributed by atoms with E-state index in [2.05, 4.69) is 0 Å². The van der Waals surface area contributed by atoms with Crippen molar-refractivity contribution in [3.05, 3.63) is 34.9 Å². The predicted octanol–water partition coefficient (Wildman–Crippen LogP) is 2.45. The topological polar surface area (TPSA) is 40.5 Å². The van der Waals surface area contributed by atoms with Crippen LogP contribution in [0.1, 0.15) is 11.6 Å². The number of halogens is 2. The van der Waals surface area contributed by atoms with Gasteiger partial charge in [-0.15, -0.1) is 12.4 Å². The Morgan fingerprint density at radius 2 is 1.93 bits per heavy atom. The lowest BCUT2D eigenvalue weighted by atomic mass is 10.1. The second-order valence-corrected chi connectivity index (χ2v) is 3.63. The molecule has 1 rings (SSSR count). The maximum atomic E-state index is 11.0. The van der Waals surface area contributed by atoms with Crippen LogP contribution < -0.4 is 0 Å². The van der Waals surface area contributed by atoms with Crippen molar-refractivity contribution < 1.29 is 9.90 Å².